The number of hydrogen-bond donors (Lipinski definition) is 0. The van der Waals surface area contributed by atoms with Gasteiger partial charge in [0.05, 0.1) is 12.9 Å². The second-order valence-electron chi connectivity index (χ2n) is 8.69. The molecule has 4 rings (SSSR count). The topological polar surface area (TPSA) is 116 Å². The molecule has 1 fully saturated rings. The van der Waals surface area contributed by atoms with Gasteiger partial charge in [-0.25, -0.2) is 9.59 Å². The van der Waals surface area contributed by atoms with Gasteiger partial charge in [-0.1, -0.05) is 38.5 Å². The van der Waals surface area contributed by atoms with Crippen molar-refractivity contribution in [3.05, 3.63) is 40.9 Å². The number of fused-ring (bicyclic) bond motifs is 2. The molecule has 0 atom stereocenters. The Balaban J connectivity index is 1.08. The Hall–Kier alpha value is -3.62. The van der Waals surface area contributed by atoms with Crippen molar-refractivity contribution in [3.8, 4) is 5.75 Å². The van der Waals surface area contributed by atoms with Crippen LogP contribution in [-0.2, 0) is 19.2 Å². The summed E-state index contributed by atoms with van der Waals surface area (Å²) in [5.74, 6) is -0.971. The first-order valence-electron chi connectivity index (χ1n) is 12.2. The van der Waals surface area contributed by atoms with Crippen molar-refractivity contribution in [1.82, 2.24) is 5.06 Å². The van der Waals surface area contributed by atoms with Crippen molar-refractivity contribution in [2.45, 2.75) is 70.6 Å². The molecule has 0 unspecified atom stereocenters. The van der Waals surface area contributed by atoms with Gasteiger partial charge in [-0.2, -0.15) is 0 Å². The number of unbranched alkanes of at least 4 members (excludes halogenated alkanes) is 7. The molecule has 1 aromatic carbocycles. The highest BCUT2D eigenvalue weighted by Gasteiger charge is 2.32. The highest BCUT2D eigenvalue weighted by atomic mass is 16.7. The zero-order valence-electron chi connectivity index (χ0n) is 19.6. The van der Waals surface area contributed by atoms with Gasteiger partial charge in [0, 0.05) is 36.1 Å². The number of carbonyl (C=O) groups excluding carboxylic acids is 3. The Labute approximate surface area is 201 Å². The van der Waals surface area contributed by atoms with Crippen LogP contribution >= 0.6 is 0 Å². The first kappa shape index (κ1) is 24.5. The van der Waals surface area contributed by atoms with E-state index in [9.17, 15) is 19.2 Å². The summed E-state index contributed by atoms with van der Waals surface area (Å²) in [6, 6.07) is 6.87. The standard InChI is InChI=1S/C26H29NO8/c28-20-11-12-21(29)27(20)35-23(31)9-7-5-3-1-2-4-6-8-15-32-26-24-19(14-16-33-24)17-18-10-13-22(30)34-25(18)26/h10,13-14,16-17H,1-9,11-12,15H2. The van der Waals surface area contributed by atoms with Gasteiger partial charge < -0.3 is 18.4 Å². The number of benzene rings is 1. The first-order valence-corrected chi connectivity index (χ1v) is 12.2. The largest absolute Gasteiger partial charge is 0.486 e. The van der Waals surface area contributed by atoms with Gasteiger partial charge in [-0.15, -0.1) is 5.06 Å². The van der Waals surface area contributed by atoms with Crippen molar-refractivity contribution in [2.24, 2.45) is 0 Å². The molecule has 0 spiro atoms. The van der Waals surface area contributed by atoms with Crippen LogP contribution in [0.15, 0.2) is 44.2 Å². The van der Waals surface area contributed by atoms with Crippen LogP contribution in [-0.4, -0.2) is 29.5 Å². The molecule has 1 aliphatic heterocycles. The minimum absolute atomic E-state index is 0.105. The molecule has 0 radical (unpaired) electrons. The molecule has 0 bridgehead atoms. The van der Waals surface area contributed by atoms with E-state index in [1.54, 1.807) is 12.3 Å². The van der Waals surface area contributed by atoms with Gasteiger partial charge in [0.2, 0.25) is 5.75 Å². The fourth-order valence-electron chi connectivity index (χ4n) is 4.15. The minimum atomic E-state index is -0.536. The van der Waals surface area contributed by atoms with Gasteiger partial charge in [0.1, 0.15) is 0 Å². The van der Waals surface area contributed by atoms with E-state index in [4.69, 9.17) is 18.4 Å². The fraction of sp³-hybridized carbons (Fsp3) is 0.462. The lowest BCUT2D eigenvalue weighted by Gasteiger charge is -2.12. The second-order valence-corrected chi connectivity index (χ2v) is 8.69. The molecule has 9 heteroatoms. The van der Waals surface area contributed by atoms with Crippen molar-refractivity contribution in [1.29, 1.82) is 0 Å². The third kappa shape index (κ3) is 6.29. The molecule has 186 valence electrons. The zero-order valence-corrected chi connectivity index (χ0v) is 19.6. The second kappa shape index (κ2) is 11.7. The van der Waals surface area contributed by atoms with Crippen LogP contribution in [0.3, 0.4) is 0 Å². The summed E-state index contributed by atoms with van der Waals surface area (Å²) in [5.41, 5.74) is 0.554. The monoisotopic (exact) mass is 483 g/mol. The van der Waals surface area contributed by atoms with Gasteiger partial charge in [0.15, 0.2) is 11.2 Å². The number of hydrogen-bond acceptors (Lipinski definition) is 8. The van der Waals surface area contributed by atoms with Gasteiger partial charge in [-0.3, -0.25) is 9.59 Å². The Morgan fingerprint density at radius 3 is 2.23 bits per heavy atom. The third-order valence-electron chi connectivity index (χ3n) is 6.00. The van der Waals surface area contributed by atoms with E-state index in [2.05, 4.69) is 0 Å². The Bertz CT molecular complexity index is 1240. The molecular formula is C26H29NO8. The Morgan fingerprint density at radius 1 is 0.829 bits per heavy atom. The third-order valence-corrected chi connectivity index (χ3v) is 6.00. The van der Waals surface area contributed by atoms with Crippen molar-refractivity contribution in [3.63, 3.8) is 0 Å². The lowest BCUT2D eigenvalue weighted by atomic mass is 10.1. The number of furan rings is 1. The van der Waals surface area contributed by atoms with Crippen LogP contribution in [0.2, 0.25) is 0 Å². The average Bonchev–Trinajstić information content (AvgIpc) is 3.43. The summed E-state index contributed by atoms with van der Waals surface area (Å²) in [7, 11) is 0. The van der Waals surface area contributed by atoms with E-state index in [1.807, 2.05) is 12.1 Å². The zero-order chi connectivity index (χ0) is 24.6. The number of rotatable bonds is 13. The summed E-state index contributed by atoms with van der Waals surface area (Å²) in [6.07, 6.45) is 9.70. The average molecular weight is 484 g/mol. The lowest BCUT2D eigenvalue weighted by Crippen LogP contribution is -2.31. The van der Waals surface area contributed by atoms with E-state index in [0.717, 1.165) is 55.7 Å². The molecule has 0 N–H and O–H groups in total. The summed E-state index contributed by atoms with van der Waals surface area (Å²) in [4.78, 5) is 51.2. The van der Waals surface area contributed by atoms with E-state index < -0.39 is 23.4 Å². The molecule has 2 amide bonds. The maximum atomic E-state index is 11.8. The van der Waals surface area contributed by atoms with E-state index in [-0.39, 0.29) is 19.3 Å². The predicted molar refractivity (Wildman–Crippen MR) is 126 cm³/mol. The molecule has 1 aliphatic rings. The smallest absolute Gasteiger partial charge is 0.336 e. The number of amides is 2. The SMILES string of the molecule is O=C(CCCCCCCCCCOc1c2occc2cc2ccc(=O)oc12)ON1C(=O)CCC1=O. The summed E-state index contributed by atoms with van der Waals surface area (Å²) in [5, 5.41) is 2.28. The molecule has 3 heterocycles. The molecule has 1 saturated heterocycles. The molecule has 35 heavy (non-hydrogen) atoms. The number of hydroxylamine groups is 2. The highest BCUT2D eigenvalue weighted by Crippen LogP contribution is 2.35. The summed E-state index contributed by atoms with van der Waals surface area (Å²) < 4.78 is 16.9. The first-order chi connectivity index (χ1) is 17.0. The van der Waals surface area contributed by atoms with Gasteiger partial charge in [0.25, 0.3) is 11.8 Å². The lowest BCUT2D eigenvalue weighted by molar-refractivity contribution is -0.197. The Kier molecular flexibility index (Phi) is 8.18. The number of ether oxygens (including phenoxy) is 1. The van der Waals surface area contributed by atoms with Crippen molar-refractivity contribution in [2.75, 3.05) is 6.61 Å². The van der Waals surface area contributed by atoms with Crippen molar-refractivity contribution < 1.29 is 32.8 Å². The van der Waals surface area contributed by atoms with Gasteiger partial charge >= 0.3 is 11.6 Å². The summed E-state index contributed by atoms with van der Waals surface area (Å²) in [6.45, 7) is 0.498. The molecule has 0 saturated carbocycles. The van der Waals surface area contributed by atoms with E-state index in [1.165, 1.54) is 6.07 Å². The quantitative estimate of drug-likeness (QED) is 0.189. The van der Waals surface area contributed by atoms with Crippen LogP contribution in [0.25, 0.3) is 21.9 Å². The van der Waals surface area contributed by atoms with Crippen molar-refractivity contribution >= 4 is 39.7 Å². The molecular weight excluding hydrogens is 454 g/mol. The number of imide groups is 1. The molecule has 9 nitrogen and oxygen atoms in total. The highest BCUT2D eigenvalue weighted by molar-refractivity contribution is 6.01. The van der Waals surface area contributed by atoms with Crippen LogP contribution < -0.4 is 10.4 Å². The molecule has 2 aromatic heterocycles. The normalized spacial score (nSPS) is 13.8. The number of nitrogens with zero attached hydrogens (tertiary/aromatic N) is 1. The van der Waals surface area contributed by atoms with E-state index in [0.29, 0.717) is 35.0 Å². The van der Waals surface area contributed by atoms with Gasteiger partial charge in [-0.05, 0) is 31.0 Å². The van der Waals surface area contributed by atoms with Crippen LogP contribution in [0.1, 0.15) is 70.6 Å². The van der Waals surface area contributed by atoms with Crippen LogP contribution in [0.5, 0.6) is 5.75 Å². The minimum Gasteiger partial charge on any atom is -0.486 e. The van der Waals surface area contributed by atoms with E-state index >= 15 is 0 Å². The fourth-order valence-corrected chi connectivity index (χ4v) is 4.15. The van der Waals surface area contributed by atoms with Crippen LogP contribution in [0, 0.1) is 0 Å². The Morgan fingerprint density at radius 2 is 1.49 bits per heavy atom. The maximum absolute atomic E-state index is 11.8. The molecule has 0 aliphatic carbocycles. The predicted octanol–water partition coefficient (Wildman–Crippen LogP) is 5.04. The van der Waals surface area contributed by atoms with Crippen LogP contribution in [0.4, 0.5) is 0 Å². The molecule has 3 aromatic rings. The maximum Gasteiger partial charge on any atom is 0.336 e. The number of carbonyl (C=O) groups is 3. The summed E-state index contributed by atoms with van der Waals surface area (Å²) >= 11 is 0.